The normalized spacial score (nSPS) is 15.2. The van der Waals surface area contributed by atoms with Crippen LogP contribution in [0.3, 0.4) is 0 Å². The standard InChI is InChI=1S/C10H14FN3O/c1-14(2)10-12-8(6-4-5-6)7(11)9(13-10)15-3/h6H,4-5H2,1-3H3. The second-order valence-electron chi connectivity index (χ2n) is 3.90. The summed E-state index contributed by atoms with van der Waals surface area (Å²) in [5.41, 5.74) is 0.491. The average molecular weight is 211 g/mol. The lowest BCUT2D eigenvalue weighted by Crippen LogP contribution is -2.15. The molecule has 0 spiro atoms. The highest BCUT2D eigenvalue weighted by atomic mass is 19.1. The van der Waals surface area contributed by atoms with Crippen molar-refractivity contribution in [3.8, 4) is 5.88 Å². The monoisotopic (exact) mass is 211 g/mol. The number of nitrogens with zero attached hydrogens (tertiary/aromatic N) is 3. The summed E-state index contributed by atoms with van der Waals surface area (Å²) in [7, 11) is 5.06. The highest BCUT2D eigenvalue weighted by Gasteiger charge is 2.31. The Balaban J connectivity index is 2.47. The van der Waals surface area contributed by atoms with E-state index in [0.717, 1.165) is 12.8 Å². The highest BCUT2D eigenvalue weighted by molar-refractivity contribution is 5.36. The summed E-state index contributed by atoms with van der Waals surface area (Å²) in [6.45, 7) is 0. The molecule has 0 aliphatic heterocycles. The van der Waals surface area contributed by atoms with Crippen LogP contribution in [0.5, 0.6) is 5.88 Å². The van der Waals surface area contributed by atoms with Crippen LogP contribution in [0.2, 0.25) is 0 Å². The Bertz CT molecular complexity index is 377. The Labute approximate surface area is 88.1 Å². The summed E-state index contributed by atoms with van der Waals surface area (Å²) in [6.07, 6.45) is 2.01. The number of ether oxygens (including phenoxy) is 1. The maximum absolute atomic E-state index is 13.7. The van der Waals surface area contributed by atoms with E-state index in [1.807, 2.05) is 14.1 Å². The van der Waals surface area contributed by atoms with E-state index in [-0.39, 0.29) is 11.8 Å². The summed E-state index contributed by atoms with van der Waals surface area (Å²) in [5, 5.41) is 0. The van der Waals surface area contributed by atoms with Crippen LogP contribution in [0.15, 0.2) is 0 Å². The summed E-state index contributed by atoms with van der Waals surface area (Å²) < 4.78 is 18.6. The number of halogens is 1. The number of anilines is 1. The summed E-state index contributed by atoms with van der Waals surface area (Å²) in [5.74, 6) is 0.372. The SMILES string of the molecule is COc1nc(N(C)C)nc(C2CC2)c1F. The first kappa shape index (κ1) is 10.1. The predicted molar refractivity (Wildman–Crippen MR) is 54.8 cm³/mol. The lowest BCUT2D eigenvalue weighted by molar-refractivity contribution is 0.364. The minimum absolute atomic E-state index is 0.0376. The number of hydrogen-bond donors (Lipinski definition) is 0. The number of methoxy groups -OCH3 is 1. The molecule has 1 fully saturated rings. The van der Waals surface area contributed by atoms with Gasteiger partial charge in [-0.25, -0.2) is 4.98 Å². The first-order valence-corrected chi connectivity index (χ1v) is 4.92. The Morgan fingerprint density at radius 2 is 2.00 bits per heavy atom. The molecule has 1 aliphatic carbocycles. The van der Waals surface area contributed by atoms with Gasteiger partial charge in [0.1, 0.15) is 0 Å². The minimum atomic E-state index is -0.411. The van der Waals surface area contributed by atoms with Crippen LogP contribution < -0.4 is 9.64 Å². The van der Waals surface area contributed by atoms with Crippen molar-refractivity contribution in [3.63, 3.8) is 0 Å². The Morgan fingerprint density at radius 1 is 1.33 bits per heavy atom. The quantitative estimate of drug-likeness (QED) is 0.760. The second kappa shape index (κ2) is 3.64. The topological polar surface area (TPSA) is 38.2 Å². The third-order valence-corrected chi connectivity index (χ3v) is 2.39. The predicted octanol–water partition coefficient (Wildman–Crippen LogP) is 1.57. The van der Waals surface area contributed by atoms with Gasteiger partial charge in [0.2, 0.25) is 11.8 Å². The third-order valence-electron chi connectivity index (χ3n) is 2.39. The molecular formula is C10H14FN3O. The van der Waals surface area contributed by atoms with Crippen molar-refractivity contribution in [2.24, 2.45) is 0 Å². The Kier molecular flexibility index (Phi) is 2.46. The van der Waals surface area contributed by atoms with Gasteiger partial charge in [0.05, 0.1) is 12.8 Å². The summed E-state index contributed by atoms with van der Waals surface area (Å²) >= 11 is 0. The molecule has 4 nitrogen and oxygen atoms in total. The van der Waals surface area contributed by atoms with Gasteiger partial charge in [-0.15, -0.1) is 0 Å². The van der Waals surface area contributed by atoms with Crippen molar-refractivity contribution < 1.29 is 9.13 Å². The van der Waals surface area contributed by atoms with Crippen molar-refractivity contribution in [2.45, 2.75) is 18.8 Å². The van der Waals surface area contributed by atoms with Crippen molar-refractivity contribution >= 4 is 5.95 Å². The van der Waals surface area contributed by atoms with Gasteiger partial charge in [-0.05, 0) is 12.8 Å². The van der Waals surface area contributed by atoms with E-state index in [4.69, 9.17) is 4.74 Å². The molecule has 1 aliphatic rings. The fraction of sp³-hybridized carbons (Fsp3) is 0.600. The molecule has 0 amide bonds. The van der Waals surface area contributed by atoms with E-state index in [9.17, 15) is 4.39 Å². The highest BCUT2D eigenvalue weighted by Crippen LogP contribution is 2.42. The molecule has 1 saturated carbocycles. The second-order valence-corrected chi connectivity index (χ2v) is 3.90. The molecule has 0 bridgehead atoms. The van der Waals surface area contributed by atoms with E-state index >= 15 is 0 Å². The Hall–Kier alpha value is -1.39. The van der Waals surface area contributed by atoms with E-state index in [0.29, 0.717) is 11.6 Å². The van der Waals surface area contributed by atoms with Crippen molar-refractivity contribution in [3.05, 3.63) is 11.5 Å². The molecule has 0 unspecified atom stereocenters. The molecule has 82 valence electrons. The van der Waals surface area contributed by atoms with Crippen molar-refractivity contribution in [1.29, 1.82) is 0 Å². The van der Waals surface area contributed by atoms with Gasteiger partial charge in [-0.1, -0.05) is 0 Å². The van der Waals surface area contributed by atoms with E-state index < -0.39 is 5.82 Å². The van der Waals surface area contributed by atoms with E-state index in [1.54, 1.807) is 4.90 Å². The van der Waals surface area contributed by atoms with Gasteiger partial charge in [0.15, 0.2) is 0 Å². The van der Waals surface area contributed by atoms with E-state index in [2.05, 4.69) is 9.97 Å². The molecule has 1 heterocycles. The number of rotatable bonds is 3. The zero-order chi connectivity index (χ0) is 11.0. The molecular weight excluding hydrogens is 197 g/mol. The van der Waals surface area contributed by atoms with Gasteiger partial charge in [-0.3, -0.25) is 0 Å². The zero-order valence-corrected chi connectivity index (χ0v) is 9.12. The molecule has 5 heteroatoms. The fourth-order valence-electron chi connectivity index (χ4n) is 1.39. The maximum Gasteiger partial charge on any atom is 0.255 e. The van der Waals surface area contributed by atoms with Gasteiger partial charge in [0, 0.05) is 20.0 Å². The molecule has 15 heavy (non-hydrogen) atoms. The van der Waals surface area contributed by atoms with Gasteiger partial charge >= 0.3 is 0 Å². The van der Waals surface area contributed by atoms with Crippen LogP contribution in [0, 0.1) is 5.82 Å². The smallest absolute Gasteiger partial charge is 0.255 e. The van der Waals surface area contributed by atoms with E-state index in [1.165, 1.54) is 7.11 Å². The zero-order valence-electron chi connectivity index (χ0n) is 9.12. The van der Waals surface area contributed by atoms with Crippen LogP contribution in [-0.4, -0.2) is 31.2 Å². The molecule has 0 atom stereocenters. The molecule has 1 aromatic heterocycles. The lowest BCUT2D eigenvalue weighted by atomic mass is 10.2. The molecule has 1 aromatic rings. The van der Waals surface area contributed by atoms with Gasteiger partial charge in [-0.2, -0.15) is 9.37 Å². The average Bonchev–Trinajstić information content (AvgIpc) is 3.01. The van der Waals surface area contributed by atoms with Crippen LogP contribution in [-0.2, 0) is 0 Å². The summed E-state index contributed by atoms with van der Waals surface area (Å²) in [6, 6.07) is 0. The largest absolute Gasteiger partial charge is 0.479 e. The van der Waals surface area contributed by atoms with Crippen LogP contribution in [0.25, 0.3) is 0 Å². The molecule has 0 radical (unpaired) electrons. The Morgan fingerprint density at radius 3 is 2.47 bits per heavy atom. The minimum Gasteiger partial charge on any atom is -0.479 e. The number of aromatic nitrogens is 2. The van der Waals surface area contributed by atoms with Gasteiger partial charge < -0.3 is 9.64 Å². The lowest BCUT2D eigenvalue weighted by Gasteiger charge is -2.13. The molecule has 2 rings (SSSR count). The molecule has 0 N–H and O–H groups in total. The van der Waals surface area contributed by atoms with Crippen LogP contribution in [0.1, 0.15) is 24.5 Å². The van der Waals surface area contributed by atoms with Crippen molar-refractivity contribution in [2.75, 3.05) is 26.1 Å². The van der Waals surface area contributed by atoms with Crippen LogP contribution >= 0.6 is 0 Å². The third kappa shape index (κ3) is 1.86. The first-order chi connectivity index (χ1) is 7.13. The number of hydrogen-bond acceptors (Lipinski definition) is 4. The van der Waals surface area contributed by atoms with Crippen molar-refractivity contribution in [1.82, 2.24) is 9.97 Å². The fourth-order valence-corrected chi connectivity index (χ4v) is 1.39. The van der Waals surface area contributed by atoms with Crippen LogP contribution in [0.4, 0.5) is 10.3 Å². The molecule has 0 saturated heterocycles. The molecule has 0 aromatic carbocycles. The maximum atomic E-state index is 13.7. The van der Waals surface area contributed by atoms with Gasteiger partial charge in [0.25, 0.3) is 5.88 Å². The summed E-state index contributed by atoms with van der Waals surface area (Å²) in [4.78, 5) is 9.92. The first-order valence-electron chi connectivity index (χ1n) is 4.92.